The highest BCUT2D eigenvalue weighted by Gasteiger charge is 2.14. The van der Waals surface area contributed by atoms with Gasteiger partial charge in [-0.1, -0.05) is 33.1 Å². The normalized spacial score (nSPS) is 12.3. The predicted molar refractivity (Wildman–Crippen MR) is 112 cm³/mol. The van der Waals surface area contributed by atoms with E-state index >= 15 is 0 Å². The van der Waals surface area contributed by atoms with Crippen molar-refractivity contribution < 1.29 is 0 Å². The standard InChI is InChI=1S/C20H40N6/c1-17(2)19-18(16-26(7)23-19)15-25(6)20(21-3)22-13-11-9-8-10-12-14-24(4)5/h16-17H,8-15H2,1-7H3,(H,21,22). The molecule has 1 heterocycles. The minimum Gasteiger partial charge on any atom is -0.356 e. The Hall–Kier alpha value is -1.56. The van der Waals surface area contributed by atoms with E-state index in [2.05, 4.69) is 66.4 Å². The average Bonchev–Trinajstić information content (AvgIpc) is 2.93. The van der Waals surface area contributed by atoms with Crippen LogP contribution in [0.3, 0.4) is 0 Å². The van der Waals surface area contributed by atoms with Crippen LogP contribution in [-0.2, 0) is 13.6 Å². The molecule has 6 heteroatoms. The van der Waals surface area contributed by atoms with Crippen LogP contribution >= 0.6 is 0 Å². The van der Waals surface area contributed by atoms with E-state index in [0.717, 1.165) is 19.0 Å². The van der Waals surface area contributed by atoms with Gasteiger partial charge in [0.1, 0.15) is 0 Å². The maximum absolute atomic E-state index is 4.60. The van der Waals surface area contributed by atoms with Crippen LogP contribution in [0.1, 0.15) is 63.1 Å². The number of rotatable bonds is 11. The molecule has 0 aromatic carbocycles. The summed E-state index contributed by atoms with van der Waals surface area (Å²) >= 11 is 0. The summed E-state index contributed by atoms with van der Waals surface area (Å²) in [6.07, 6.45) is 8.53. The molecule has 0 aliphatic carbocycles. The van der Waals surface area contributed by atoms with Crippen molar-refractivity contribution in [2.45, 2.75) is 58.4 Å². The minimum atomic E-state index is 0.432. The Morgan fingerprint density at radius 3 is 2.42 bits per heavy atom. The molecular weight excluding hydrogens is 324 g/mol. The molecule has 0 atom stereocenters. The zero-order chi connectivity index (χ0) is 19.5. The molecule has 0 fully saturated rings. The maximum atomic E-state index is 4.60. The molecule has 1 rings (SSSR count). The molecule has 0 spiro atoms. The van der Waals surface area contributed by atoms with Crippen LogP contribution in [0, 0.1) is 0 Å². The van der Waals surface area contributed by atoms with Crippen LogP contribution < -0.4 is 5.32 Å². The summed E-state index contributed by atoms with van der Waals surface area (Å²) in [6.45, 7) is 7.39. The number of nitrogens with zero attached hydrogens (tertiary/aromatic N) is 5. The molecule has 6 nitrogen and oxygen atoms in total. The zero-order valence-electron chi connectivity index (χ0n) is 18.0. The van der Waals surface area contributed by atoms with Crippen LogP contribution in [0.4, 0.5) is 0 Å². The third-order valence-corrected chi connectivity index (χ3v) is 4.53. The highest BCUT2D eigenvalue weighted by atomic mass is 15.3. The Morgan fingerprint density at radius 2 is 1.81 bits per heavy atom. The lowest BCUT2D eigenvalue weighted by atomic mass is 10.1. The van der Waals surface area contributed by atoms with E-state index in [-0.39, 0.29) is 0 Å². The van der Waals surface area contributed by atoms with E-state index in [1.807, 2.05) is 18.8 Å². The number of aliphatic imine (C=N–C) groups is 1. The molecule has 26 heavy (non-hydrogen) atoms. The van der Waals surface area contributed by atoms with Crippen LogP contribution in [0.5, 0.6) is 0 Å². The fourth-order valence-electron chi connectivity index (χ4n) is 3.16. The van der Waals surface area contributed by atoms with Gasteiger partial charge in [0.05, 0.1) is 5.69 Å². The number of hydrogen-bond acceptors (Lipinski definition) is 3. The Morgan fingerprint density at radius 1 is 1.15 bits per heavy atom. The van der Waals surface area contributed by atoms with Crippen molar-refractivity contribution in [1.82, 2.24) is 24.9 Å². The molecule has 0 aliphatic heterocycles. The number of hydrogen-bond donors (Lipinski definition) is 1. The van der Waals surface area contributed by atoms with Crippen molar-refractivity contribution in [2.75, 3.05) is 41.3 Å². The van der Waals surface area contributed by atoms with Crippen molar-refractivity contribution >= 4 is 5.96 Å². The lowest BCUT2D eigenvalue weighted by Crippen LogP contribution is -2.39. The summed E-state index contributed by atoms with van der Waals surface area (Å²) in [5.41, 5.74) is 2.45. The fraction of sp³-hybridized carbons (Fsp3) is 0.800. The summed E-state index contributed by atoms with van der Waals surface area (Å²) in [5.74, 6) is 1.39. The van der Waals surface area contributed by atoms with Gasteiger partial charge in [0.2, 0.25) is 0 Å². The zero-order valence-corrected chi connectivity index (χ0v) is 18.0. The van der Waals surface area contributed by atoms with Crippen LogP contribution in [0.2, 0.25) is 0 Å². The maximum Gasteiger partial charge on any atom is 0.193 e. The highest BCUT2D eigenvalue weighted by molar-refractivity contribution is 5.79. The first-order valence-corrected chi connectivity index (χ1v) is 9.94. The van der Waals surface area contributed by atoms with Crippen molar-refractivity contribution in [3.63, 3.8) is 0 Å². The third kappa shape index (κ3) is 8.21. The Labute approximate surface area is 160 Å². The van der Waals surface area contributed by atoms with E-state index in [1.54, 1.807) is 0 Å². The smallest absolute Gasteiger partial charge is 0.193 e. The Bertz CT molecular complexity index is 532. The first-order chi connectivity index (χ1) is 12.3. The summed E-state index contributed by atoms with van der Waals surface area (Å²) < 4.78 is 1.91. The molecule has 0 amide bonds. The first kappa shape index (κ1) is 22.5. The molecule has 0 bridgehead atoms. The quantitative estimate of drug-likeness (QED) is 0.372. The molecule has 0 saturated heterocycles. The van der Waals surface area contributed by atoms with Crippen molar-refractivity contribution in [1.29, 1.82) is 0 Å². The lowest BCUT2D eigenvalue weighted by molar-refractivity contribution is 0.389. The molecule has 0 aliphatic rings. The van der Waals surface area contributed by atoms with Gasteiger partial charge in [-0.3, -0.25) is 9.67 Å². The van der Waals surface area contributed by atoms with Gasteiger partial charge in [0.15, 0.2) is 5.96 Å². The van der Waals surface area contributed by atoms with E-state index in [1.165, 1.54) is 49.9 Å². The largest absolute Gasteiger partial charge is 0.356 e. The topological polar surface area (TPSA) is 48.7 Å². The third-order valence-electron chi connectivity index (χ3n) is 4.53. The summed E-state index contributed by atoms with van der Waals surface area (Å²) in [6, 6.07) is 0. The second kappa shape index (κ2) is 11.9. The number of unbranched alkanes of at least 4 members (excludes halogenated alkanes) is 4. The summed E-state index contributed by atoms with van der Waals surface area (Å²) in [7, 11) is 10.2. The molecule has 0 radical (unpaired) electrons. The van der Waals surface area contributed by atoms with Crippen molar-refractivity contribution in [3.05, 3.63) is 17.5 Å². The minimum absolute atomic E-state index is 0.432. The Kier molecular flexibility index (Phi) is 10.3. The number of aryl methyl sites for hydroxylation is 1. The van der Waals surface area contributed by atoms with Gasteiger partial charge < -0.3 is 15.1 Å². The van der Waals surface area contributed by atoms with E-state index in [4.69, 9.17) is 0 Å². The van der Waals surface area contributed by atoms with Gasteiger partial charge in [0, 0.05) is 46.0 Å². The van der Waals surface area contributed by atoms with Gasteiger partial charge in [0.25, 0.3) is 0 Å². The molecule has 1 N–H and O–H groups in total. The highest BCUT2D eigenvalue weighted by Crippen LogP contribution is 2.18. The van der Waals surface area contributed by atoms with Gasteiger partial charge in [-0.2, -0.15) is 5.10 Å². The van der Waals surface area contributed by atoms with Gasteiger partial charge in [-0.15, -0.1) is 0 Å². The monoisotopic (exact) mass is 364 g/mol. The number of nitrogens with one attached hydrogen (secondary N) is 1. The molecule has 1 aromatic heterocycles. The van der Waals surface area contributed by atoms with Crippen LogP contribution in [-0.4, -0.2) is 66.8 Å². The van der Waals surface area contributed by atoms with Gasteiger partial charge >= 0.3 is 0 Å². The molecule has 1 aromatic rings. The molecular formula is C20H40N6. The second-order valence-corrected chi connectivity index (χ2v) is 7.77. The van der Waals surface area contributed by atoms with Crippen LogP contribution in [0.25, 0.3) is 0 Å². The van der Waals surface area contributed by atoms with E-state index in [0.29, 0.717) is 5.92 Å². The summed E-state index contributed by atoms with van der Waals surface area (Å²) in [5, 5.41) is 8.09. The second-order valence-electron chi connectivity index (χ2n) is 7.77. The van der Waals surface area contributed by atoms with Crippen LogP contribution in [0.15, 0.2) is 11.2 Å². The molecule has 150 valence electrons. The van der Waals surface area contributed by atoms with Gasteiger partial charge in [-0.25, -0.2) is 0 Å². The van der Waals surface area contributed by atoms with E-state index < -0.39 is 0 Å². The van der Waals surface area contributed by atoms with Gasteiger partial charge in [-0.05, 0) is 39.4 Å². The number of guanidine groups is 1. The molecule has 0 saturated carbocycles. The SMILES string of the molecule is CN=C(NCCCCCCCN(C)C)N(C)Cc1cn(C)nc1C(C)C. The Balaban J connectivity index is 2.33. The molecule has 0 unspecified atom stereocenters. The summed E-state index contributed by atoms with van der Waals surface area (Å²) in [4.78, 5) is 8.87. The lowest BCUT2D eigenvalue weighted by Gasteiger charge is -2.22. The first-order valence-electron chi connectivity index (χ1n) is 9.94. The fourth-order valence-corrected chi connectivity index (χ4v) is 3.16. The van der Waals surface area contributed by atoms with E-state index in [9.17, 15) is 0 Å². The predicted octanol–water partition coefficient (Wildman–Crippen LogP) is 3.06. The number of aromatic nitrogens is 2. The average molecular weight is 365 g/mol. The van der Waals surface area contributed by atoms with Crippen molar-refractivity contribution in [3.8, 4) is 0 Å². The van der Waals surface area contributed by atoms with Crippen molar-refractivity contribution in [2.24, 2.45) is 12.0 Å².